The predicted octanol–water partition coefficient (Wildman–Crippen LogP) is 1.57. The van der Waals surface area contributed by atoms with Crippen molar-refractivity contribution in [1.29, 1.82) is 0 Å². The van der Waals surface area contributed by atoms with E-state index in [4.69, 9.17) is 28.4 Å². The van der Waals surface area contributed by atoms with E-state index in [1.807, 2.05) is 0 Å². The minimum Gasteiger partial charge on any atom is -0.502 e. The number of hydrogen-bond acceptors (Lipinski definition) is 11. The first-order valence-corrected chi connectivity index (χ1v) is 11.3. The molecule has 0 heterocycles. The first-order valence-electron chi connectivity index (χ1n) is 11.3. The van der Waals surface area contributed by atoms with Crippen LogP contribution in [0.3, 0.4) is 0 Å². The van der Waals surface area contributed by atoms with Crippen molar-refractivity contribution in [2.75, 3.05) is 28.4 Å². The Hall–Kier alpha value is -3.45. The molecule has 204 valence electrons. The molecule has 1 aliphatic rings. The molecule has 37 heavy (non-hydrogen) atoms. The summed E-state index contributed by atoms with van der Waals surface area (Å²) in [6.45, 7) is -0.165. The first kappa shape index (κ1) is 28.1. The predicted molar refractivity (Wildman–Crippen MR) is 127 cm³/mol. The molecular formula is C25H32O12. The van der Waals surface area contributed by atoms with Crippen molar-refractivity contribution < 1.29 is 58.7 Å². The largest absolute Gasteiger partial charge is 0.502 e. The summed E-state index contributed by atoms with van der Waals surface area (Å²) in [4.78, 5) is 11.7. The van der Waals surface area contributed by atoms with Crippen LogP contribution in [0.25, 0.3) is 0 Å². The number of aliphatic carboxylic acids is 1. The van der Waals surface area contributed by atoms with Crippen LogP contribution >= 0.6 is 0 Å². The van der Waals surface area contributed by atoms with E-state index in [0.29, 0.717) is 11.1 Å². The molecule has 0 bridgehead atoms. The van der Waals surface area contributed by atoms with Crippen LogP contribution in [-0.4, -0.2) is 83.9 Å². The summed E-state index contributed by atoms with van der Waals surface area (Å²) in [6, 6.07) is 6.10. The van der Waals surface area contributed by atoms with Gasteiger partial charge in [0.05, 0.1) is 53.9 Å². The van der Waals surface area contributed by atoms with E-state index >= 15 is 0 Å². The van der Waals surface area contributed by atoms with Crippen molar-refractivity contribution in [3.63, 3.8) is 0 Å². The molecule has 2 aromatic rings. The fourth-order valence-electron chi connectivity index (χ4n) is 4.25. The van der Waals surface area contributed by atoms with E-state index in [9.17, 15) is 30.3 Å². The fraction of sp³-hybridized carbons (Fsp3) is 0.480. The van der Waals surface area contributed by atoms with Gasteiger partial charge in [0.25, 0.3) is 0 Å². The van der Waals surface area contributed by atoms with Gasteiger partial charge >= 0.3 is 5.97 Å². The molecule has 0 saturated heterocycles. The molecule has 1 aliphatic carbocycles. The molecule has 4 atom stereocenters. The van der Waals surface area contributed by atoms with Crippen LogP contribution in [0.5, 0.6) is 34.5 Å². The average molecular weight is 525 g/mol. The molecule has 0 unspecified atom stereocenters. The lowest BCUT2D eigenvalue weighted by Crippen LogP contribution is -2.57. The van der Waals surface area contributed by atoms with Crippen LogP contribution in [0, 0.1) is 0 Å². The van der Waals surface area contributed by atoms with Crippen molar-refractivity contribution in [3.8, 4) is 34.5 Å². The number of aliphatic hydroxyl groups is 2. The third kappa shape index (κ3) is 6.10. The summed E-state index contributed by atoms with van der Waals surface area (Å²) >= 11 is 0. The van der Waals surface area contributed by atoms with Crippen LogP contribution in [0.15, 0.2) is 24.3 Å². The molecule has 0 aliphatic heterocycles. The molecule has 0 amide bonds. The Morgan fingerprint density at radius 2 is 1.22 bits per heavy atom. The second kappa shape index (κ2) is 11.7. The second-order valence-electron chi connectivity index (χ2n) is 8.64. The molecule has 2 aromatic carbocycles. The van der Waals surface area contributed by atoms with Gasteiger partial charge in [-0.1, -0.05) is 0 Å². The number of benzene rings is 2. The zero-order valence-electron chi connectivity index (χ0n) is 21.0. The number of ether oxygens (including phenoxy) is 6. The molecule has 0 aromatic heterocycles. The number of hydrogen-bond donors (Lipinski definition) is 5. The summed E-state index contributed by atoms with van der Waals surface area (Å²) in [5.74, 6) is -1.25. The number of carboxylic acid groups (broad SMARTS) is 1. The van der Waals surface area contributed by atoms with Crippen molar-refractivity contribution in [2.24, 2.45) is 0 Å². The van der Waals surface area contributed by atoms with Crippen LogP contribution in [0.4, 0.5) is 0 Å². The Kier molecular flexibility index (Phi) is 8.92. The lowest BCUT2D eigenvalue weighted by molar-refractivity contribution is -0.207. The van der Waals surface area contributed by atoms with Gasteiger partial charge < -0.3 is 54.0 Å². The number of carboxylic acids is 1. The topological polar surface area (TPSA) is 174 Å². The monoisotopic (exact) mass is 524 g/mol. The number of aliphatic hydroxyl groups excluding tert-OH is 1. The first-order chi connectivity index (χ1) is 17.6. The number of rotatable bonds is 11. The standard InChI is InChI=1S/C25H32O12/c1-32-16-5-13(6-17(33-2)21(16)27)11-36-20-10-25(31,24(29)30)9-15(26)23(20)37-12-14-7-18(34-3)22(28)19(8-14)35-4/h5-8,15,20,23,26-28,31H,9-12H2,1-4H3,(H,29,30)/t15-,20-,23+,25-/m1/s1. The Morgan fingerprint density at radius 1 is 0.811 bits per heavy atom. The average Bonchev–Trinajstić information content (AvgIpc) is 2.87. The minimum atomic E-state index is -2.22. The van der Waals surface area contributed by atoms with Gasteiger partial charge in [0.1, 0.15) is 6.10 Å². The SMILES string of the molecule is COc1cc(CO[C@H]2[C@H](O)C[C@](O)(C(=O)O)C[C@H]2OCc2cc(OC)c(O)c(OC)c2)cc(OC)c1O. The van der Waals surface area contributed by atoms with Gasteiger partial charge in [0, 0.05) is 12.8 Å². The Balaban J connectivity index is 1.84. The maximum Gasteiger partial charge on any atom is 0.335 e. The van der Waals surface area contributed by atoms with Crippen LogP contribution in [0.1, 0.15) is 24.0 Å². The quantitative estimate of drug-likeness (QED) is 0.288. The highest BCUT2D eigenvalue weighted by molar-refractivity contribution is 5.77. The summed E-state index contributed by atoms with van der Waals surface area (Å²) in [5, 5.41) is 51.2. The molecule has 12 heteroatoms. The smallest absolute Gasteiger partial charge is 0.335 e. The fourth-order valence-corrected chi connectivity index (χ4v) is 4.25. The second-order valence-corrected chi connectivity index (χ2v) is 8.64. The summed E-state index contributed by atoms with van der Waals surface area (Å²) < 4.78 is 32.5. The zero-order chi connectivity index (χ0) is 27.3. The maximum atomic E-state index is 11.7. The van der Waals surface area contributed by atoms with Gasteiger partial charge in [-0.3, -0.25) is 0 Å². The van der Waals surface area contributed by atoms with Crippen molar-refractivity contribution >= 4 is 5.97 Å². The third-order valence-electron chi connectivity index (χ3n) is 6.22. The molecule has 12 nitrogen and oxygen atoms in total. The highest BCUT2D eigenvalue weighted by Gasteiger charge is 2.50. The molecule has 1 fully saturated rings. The van der Waals surface area contributed by atoms with Crippen LogP contribution in [-0.2, 0) is 27.5 Å². The van der Waals surface area contributed by atoms with Gasteiger partial charge in [-0.2, -0.15) is 0 Å². The van der Waals surface area contributed by atoms with Gasteiger partial charge in [-0.25, -0.2) is 4.79 Å². The van der Waals surface area contributed by atoms with Crippen LogP contribution in [0.2, 0.25) is 0 Å². The Morgan fingerprint density at radius 3 is 1.59 bits per heavy atom. The maximum absolute atomic E-state index is 11.7. The number of phenols is 2. The van der Waals surface area contributed by atoms with E-state index in [1.165, 1.54) is 52.7 Å². The van der Waals surface area contributed by atoms with E-state index in [-0.39, 0.29) is 54.1 Å². The summed E-state index contributed by atoms with van der Waals surface area (Å²) in [7, 11) is 5.52. The third-order valence-corrected chi connectivity index (χ3v) is 6.22. The van der Waals surface area contributed by atoms with Gasteiger partial charge in [-0.15, -0.1) is 0 Å². The van der Waals surface area contributed by atoms with Crippen molar-refractivity contribution in [2.45, 2.75) is 50.0 Å². The molecule has 3 rings (SSSR count). The highest BCUT2D eigenvalue weighted by atomic mass is 16.6. The van der Waals surface area contributed by atoms with E-state index in [0.717, 1.165) is 0 Å². The molecule has 0 radical (unpaired) electrons. The molecule has 0 spiro atoms. The zero-order valence-corrected chi connectivity index (χ0v) is 21.0. The molecule has 1 saturated carbocycles. The highest BCUT2D eigenvalue weighted by Crippen LogP contribution is 2.40. The summed E-state index contributed by atoms with van der Waals surface area (Å²) in [6.07, 6.45) is -4.22. The van der Waals surface area contributed by atoms with E-state index < -0.39 is 36.3 Å². The number of carbonyl (C=O) groups is 1. The molecular weight excluding hydrogens is 492 g/mol. The van der Waals surface area contributed by atoms with Gasteiger partial charge in [-0.05, 0) is 35.4 Å². The van der Waals surface area contributed by atoms with E-state index in [1.54, 1.807) is 0 Å². The van der Waals surface area contributed by atoms with Gasteiger partial charge in [0.15, 0.2) is 28.6 Å². The number of methoxy groups -OCH3 is 4. The summed E-state index contributed by atoms with van der Waals surface area (Å²) in [5.41, 5.74) is -1.15. The Labute approximate surface area is 213 Å². The molecule has 5 N–H and O–H groups in total. The van der Waals surface area contributed by atoms with E-state index in [2.05, 4.69) is 0 Å². The number of phenolic OH excluding ortho intramolecular Hbond substituents is 2. The number of aromatic hydroxyl groups is 2. The normalized spacial score (nSPS) is 23.4. The van der Waals surface area contributed by atoms with Crippen molar-refractivity contribution in [1.82, 2.24) is 0 Å². The van der Waals surface area contributed by atoms with Gasteiger partial charge in [0.2, 0.25) is 11.5 Å². The van der Waals surface area contributed by atoms with Crippen LogP contribution < -0.4 is 18.9 Å². The Bertz CT molecular complexity index is 1050. The van der Waals surface area contributed by atoms with Crippen molar-refractivity contribution in [3.05, 3.63) is 35.4 Å². The lowest BCUT2D eigenvalue weighted by atomic mass is 9.79. The minimum absolute atomic E-state index is 0.0685. The lowest BCUT2D eigenvalue weighted by Gasteiger charge is -2.41.